The molecule has 4 rings (SSSR count). The second kappa shape index (κ2) is 8.78. The monoisotopic (exact) mass is 432 g/mol. The zero-order valence-corrected chi connectivity index (χ0v) is 18.8. The molecule has 0 radical (unpaired) electrons. The van der Waals surface area contributed by atoms with Gasteiger partial charge in [0.15, 0.2) is 5.78 Å². The van der Waals surface area contributed by atoms with Crippen LogP contribution in [0.1, 0.15) is 19.7 Å². The van der Waals surface area contributed by atoms with Crippen molar-refractivity contribution < 1.29 is 14.3 Å². The zero-order valence-electron chi connectivity index (χ0n) is 18.8. The minimum atomic E-state index is -0.415. The van der Waals surface area contributed by atoms with E-state index in [4.69, 9.17) is 14.5 Å². The molecular formula is C25H28N4O3. The fourth-order valence-corrected chi connectivity index (χ4v) is 4.11. The van der Waals surface area contributed by atoms with Crippen molar-refractivity contribution in [3.63, 3.8) is 0 Å². The highest BCUT2D eigenvalue weighted by Gasteiger charge is 2.44. The number of hydrogen-bond acceptors (Lipinski definition) is 6. The average Bonchev–Trinajstić information content (AvgIpc) is 3.35. The second-order valence-corrected chi connectivity index (χ2v) is 7.99. The third kappa shape index (κ3) is 3.70. The summed E-state index contributed by atoms with van der Waals surface area (Å²) in [7, 11) is 3.22. The van der Waals surface area contributed by atoms with Gasteiger partial charge in [-0.15, -0.1) is 6.58 Å². The highest BCUT2D eigenvalue weighted by atomic mass is 16.5. The molecule has 0 saturated carbocycles. The Morgan fingerprint density at radius 3 is 2.47 bits per heavy atom. The Balaban J connectivity index is 1.94. The maximum Gasteiger partial charge on any atom is 0.193 e. The van der Waals surface area contributed by atoms with Gasteiger partial charge in [-0.25, -0.2) is 4.98 Å². The number of aromatic nitrogens is 2. The topological polar surface area (TPSA) is 79.5 Å². The first kappa shape index (κ1) is 21.5. The lowest BCUT2D eigenvalue weighted by atomic mass is 9.97. The number of carbonyl (C=O) groups is 1. The lowest BCUT2D eigenvalue weighted by molar-refractivity contribution is -0.115. The van der Waals surface area contributed by atoms with Crippen LogP contribution >= 0.6 is 0 Å². The molecular weight excluding hydrogens is 404 g/mol. The van der Waals surface area contributed by atoms with Gasteiger partial charge in [0.2, 0.25) is 0 Å². The number of nitrogens with zero attached hydrogens (tertiary/aromatic N) is 2. The van der Waals surface area contributed by atoms with Crippen molar-refractivity contribution in [1.82, 2.24) is 15.3 Å². The van der Waals surface area contributed by atoms with Gasteiger partial charge in [0.1, 0.15) is 34.8 Å². The molecule has 1 aromatic heterocycles. The summed E-state index contributed by atoms with van der Waals surface area (Å²) in [5, 5.41) is 3.39. The second-order valence-electron chi connectivity index (χ2n) is 7.99. The summed E-state index contributed by atoms with van der Waals surface area (Å²) in [5.74, 6) is 2.58. The maximum absolute atomic E-state index is 13.8. The molecule has 1 aliphatic heterocycles. The maximum atomic E-state index is 13.8. The zero-order chi connectivity index (χ0) is 22.8. The first-order valence-corrected chi connectivity index (χ1v) is 10.6. The van der Waals surface area contributed by atoms with Crippen LogP contribution in [0.25, 0.3) is 16.6 Å². The van der Waals surface area contributed by atoms with Gasteiger partial charge in [0.05, 0.1) is 30.9 Å². The van der Waals surface area contributed by atoms with Crippen molar-refractivity contribution in [2.45, 2.75) is 19.9 Å². The summed E-state index contributed by atoms with van der Waals surface area (Å²) >= 11 is 0. The number of ketones is 1. The van der Waals surface area contributed by atoms with Crippen LogP contribution in [0.2, 0.25) is 0 Å². The molecule has 2 heterocycles. The Morgan fingerprint density at radius 2 is 1.88 bits per heavy atom. The van der Waals surface area contributed by atoms with Crippen LogP contribution in [-0.4, -0.2) is 42.6 Å². The van der Waals surface area contributed by atoms with E-state index in [0.29, 0.717) is 35.3 Å². The summed E-state index contributed by atoms with van der Waals surface area (Å²) in [6, 6.07) is 13.0. The first-order chi connectivity index (χ1) is 15.5. The predicted molar refractivity (Wildman–Crippen MR) is 127 cm³/mol. The summed E-state index contributed by atoms with van der Waals surface area (Å²) < 4.78 is 11.0. The molecule has 0 aliphatic carbocycles. The number of H-pyrrole nitrogens is 1. The van der Waals surface area contributed by atoms with Gasteiger partial charge in [0.25, 0.3) is 0 Å². The van der Waals surface area contributed by atoms with E-state index in [0.717, 1.165) is 16.7 Å². The summed E-state index contributed by atoms with van der Waals surface area (Å²) in [6.45, 7) is 8.41. The molecule has 0 saturated heterocycles. The largest absolute Gasteiger partial charge is 0.497 e. The van der Waals surface area contributed by atoms with Gasteiger partial charge >= 0.3 is 0 Å². The fraction of sp³-hybridized carbons (Fsp3) is 0.280. The molecule has 2 N–H and O–H groups in total. The van der Waals surface area contributed by atoms with Crippen LogP contribution in [0, 0.1) is 5.92 Å². The van der Waals surface area contributed by atoms with Gasteiger partial charge in [0, 0.05) is 24.7 Å². The molecule has 0 unspecified atom stereocenters. The number of aromatic amines is 1. The van der Waals surface area contributed by atoms with Gasteiger partial charge in [-0.1, -0.05) is 32.1 Å². The van der Waals surface area contributed by atoms with Gasteiger partial charge < -0.3 is 24.7 Å². The van der Waals surface area contributed by atoms with E-state index < -0.39 is 6.04 Å². The Kier molecular flexibility index (Phi) is 5.90. The number of fused-ring (bicyclic) bond motifs is 1. The molecule has 2 aromatic carbocycles. The normalized spacial score (nSPS) is 16.2. The number of imidazole rings is 1. The fourth-order valence-electron chi connectivity index (χ4n) is 4.11. The van der Waals surface area contributed by atoms with Crippen molar-refractivity contribution in [2.24, 2.45) is 5.92 Å². The number of carbonyl (C=O) groups excluding carboxylic acids is 1. The number of anilines is 1. The molecule has 7 nitrogen and oxygen atoms in total. The van der Waals surface area contributed by atoms with Crippen LogP contribution in [0.5, 0.6) is 11.5 Å². The SMILES string of the molecule is C=CCNC1=C(c2nc3ccccc3[nH]2)C(=O)[C@H](C(C)C)N1c1cc(OC)cc(OC)c1. The summed E-state index contributed by atoms with van der Waals surface area (Å²) in [5.41, 5.74) is 3.02. The number of rotatable bonds is 8. The molecule has 32 heavy (non-hydrogen) atoms. The number of para-hydroxylation sites is 2. The lowest BCUT2D eigenvalue weighted by Crippen LogP contribution is -2.41. The minimum Gasteiger partial charge on any atom is -0.497 e. The van der Waals surface area contributed by atoms with Gasteiger partial charge in [-0.05, 0) is 18.1 Å². The molecule has 0 spiro atoms. The lowest BCUT2D eigenvalue weighted by Gasteiger charge is -2.31. The van der Waals surface area contributed by atoms with Gasteiger partial charge in [-0.2, -0.15) is 0 Å². The van der Waals surface area contributed by atoms with Crippen molar-refractivity contribution in [2.75, 3.05) is 25.7 Å². The standard InChI is InChI=1S/C25H28N4O3/c1-6-11-26-25-21(24-27-19-9-7-8-10-20(19)28-24)23(30)22(15(2)3)29(25)16-12-17(31-4)14-18(13-16)32-5/h6-10,12-15,22,26H,1,11H2,2-5H3,(H,27,28)/t22-/m0/s1. The predicted octanol–water partition coefficient (Wildman–Crippen LogP) is 4.14. The molecule has 1 aliphatic rings. The Morgan fingerprint density at radius 1 is 1.19 bits per heavy atom. The number of hydrogen-bond donors (Lipinski definition) is 2. The van der Waals surface area contributed by atoms with Crippen LogP contribution in [0.4, 0.5) is 5.69 Å². The number of benzene rings is 2. The third-order valence-corrected chi connectivity index (χ3v) is 5.56. The highest BCUT2D eigenvalue weighted by molar-refractivity contribution is 6.28. The van der Waals surface area contributed by atoms with Gasteiger partial charge in [-0.3, -0.25) is 4.79 Å². The van der Waals surface area contributed by atoms with E-state index in [-0.39, 0.29) is 11.7 Å². The molecule has 0 fully saturated rings. The summed E-state index contributed by atoms with van der Waals surface area (Å²) in [6.07, 6.45) is 1.76. The van der Waals surface area contributed by atoms with E-state index in [1.807, 2.05) is 61.2 Å². The molecule has 0 amide bonds. The Bertz CT molecular complexity index is 1140. The summed E-state index contributed by atoms with van der Waals surface area (Å²) in [4.78, 5) is 23.9. The van der Waals surface area contributed by atoms with E-state index in [2.05, 4.69) is 16.9 Å². The van der Waals surface area contributed by atoms with E-state index in [1.54, 1.807) is 20.3 Å². The van der Waals surface area contributed by atoms with Crippen LogP contribution in [0.3, 0.4) is 0 Å². The minimum absolute atomic E-state index is 0.00686. The van der Waals surface area contributed by atoms with Crippen molar-refractivity contribution in [1.29, 1.82) is 0 Å². The molecule has 7 heteroatoms. The number of ether oxygens (including phenoxy) is 2. The van der Waals surface area contributed by atoms with Crippen molar-refractivity contribution >= 4 is 28.1 Å². The average molecular weight is 433 g/mol. The molecule has 1 atom stereocenters. The van der Waals surface area contributed by atoms with E-state index >= 15 is 0 Å². The number of nitrogens with one attached hydrogen (secondary N) is 2. The van der Waals surface area contributed by atoms with Crippen LogP contribution < -0.4 is 19.7 Å². The van der Waals surface area contributed by atoms with Crippen LogP contribution in [-0.2, 0) is 4.79 Å². The molecule has 3 aromatic rings. The number of methoxy groups -OCH3 is 2. The van der Waals surface area contributed by atoms with E-state index in [1.165, 1.54) is 0 Å². The quantitative estimate of drug-likeness (QED) is 0.521. The third-order valence-electron chi connectivity index (χ3n) is 5.56. The molecule has 166 valence electrons. The highest BCUT2D eigenvalue weighted by Crippen LogP contribution is 2.40. The van der Waals surface area contributed by atoms with Crippen molar-refractivity contribution in [3.05, 3.63) is 66.8 Å². The Labute approximate surface area is 187 Å². The van der Waals surface area contributed by atoms with Crippen molar-refractivity contribution in [3.8, 4) is 11.5 Å². The van der Waals surface area contributed by atoms with E-state index in [9.17, 15) is 4.79 Å². The smallest absolute Gasteiger partial charge is 0.193 e. The number of Topliss-reactive ketones (excluding diaryl/α,β-unsaturated/α-hetero) is 1. The Hall–Kier alpha value is -3.74. The first-order valence-electron chi connectivity index (χ1n) is 10.6. The molecule has 0 bridgehead atoms. The van der Waals surface area contributed by atoms with Crippen LogP contribution in [0.15, 0.2) is 60.9 Å².